The standard InChI is InChI=1S/C18H15N7O/c1-12(20)9-16(23-15-6-3-2-5-13(15)10-19)24-18(26)14-11-22-25-8-4-7-21-17(14)25/h2-9,11H,20H2,1H3,(H,23,24,26). The molecule has 8 heteroatoms. The van der Waals surface area contributed by atoms with E-state index >= 15 is 0 Å². The number of nitrogens with zero attached hydrogens (tertiary/aromatic N) is 5. The van der Waals surface area contributed by atoms with Gasteiger partial charge in [-0.15, -0.1) is 0 Å². The van der Waals surface area contributed by atoms with E-state index in [0.717, 1.165) is 0 Å². The number of para-hydroxylation sites is 1. The zero-order chi connectivity index (χ0) is 18.5. The van der Waals surface area contributed by atoms with E-state index in [-0.39, 0.29) is 5.84 Å². The Morgan fingerprint density at radius 1 is 1.38 bits per heavy atom. The van der Waals surface area contributed by atoms with E-state index in [1.807, 2.05) is 0 Å². The number of allylic oxidation sites excluding steroid dienone is 1. The summed E-state index contributed by atoms with van der Waals surface area (Å²) in [6.07, 6.45) is 6.22. The Labute approximate surface area is 149 Å². The number of nitriles is 1. The highest BCUT2D eigenvalue weighted by atomic mass is 16.1. The number of aromatic nitrogens is 3. The predicted octanol–water partition coefficient (Wildman–Crippen LogP) is 1.92. The minimum Gasteiger partial charge on any atom is -0.402 e. The van der Waals surface area contributed by atoms with Crippen molar-refractivity contribution in [1.82, 2.24) is 19.9 Å². The molecule has 0 saturated heterocycles. The fourth-order valence-corrected chi connectivity index (χ4v) is 2.28. The number of amides is 1. The Balaban J connectivity index is 1.97. The van der Waals surface area contributed by atoms with Crippen LogP contribution in [0.25, 0.3) is 5.65 Å². The van der Waals surface area contributed by atoms with E-state index in [1.165, 1.54) is 16.8 Å². The Kier molecular flexibility index (Phi) is 4.71. The Morgan fingerprint density at radius 2 is 2.19 bits per heavy atom. The van der Waals surface area contributed by atoms with Gasteiger partial charge < -0.3 is 11.1 Å². The van der Waals surface area contributed by atoms with Gasteiger partial charge in [0.2, 0.25) is 0 Å². The summed E-state index contributed by atoms with van der Waals surface area (Å²) in [5, 5.41) is 16.0. The van der Waals surface area contributed by atoms with E-state index in [1.54, 1.807) is 49.6 Å². The molecule has 3 rings (SSSR count). The molecule has 26 heavy (non-hydrogen) atoms. The van der Waals surface area contributed by atoms with Crippen molar-refractivity contribution in [2.24, 2.45) is 10.7 Å². The molecule has 0 aliphatic heterocycles. The summed E-state index contributed by atoms with van der Waals surface area (Å²) in [4.78, 5) is 21.2. The molecule has 3 N–H and O–H groups in total. The molecule has 0 spiro atoms. The third-order valence-corrected chi connectivity index (χ3v) is 3.40. The normalized spacial score (nSPS) is 12.0. The zero-order valence-electron chi connectivity index (χ0n) is 13.9. The van der Waals surface area contributed by atoms with Crippen molar-refractivity contribution in [3.05, 3.63) is 71.8 Å². The van der Waals surface area contributed by atoms with E-state index in [9.17, 15) is 10.1 Å². The predicted molar refractivity (Wildman–Crippen MR) is 96.6 cm³/mol. The van der Waals surface area contributed by atoms with Crippen LogP contribution in [-0.4, -0.2) is 26.3 Å². The number of benzene rings is 1. The number of aliphatic imine (C=N–C) groups is 1. The topological polar surface area (TPSA) is 121 Å². The molecular weight excluding hydrogens is 330 g/mol. The van der Waals surface area contributed by atoms with Crippen LogP contribution in [0.3, 0.4) is 0 Å². The first-order valence-corrected chi connectivity index (χ1v) is 7.70. The maximum atomic E-state index is 12.6. The molecule has 2 aromatic heterocycles. The van der Waals surface area contributed by atoms with E-state index in [4.69, 9.17) is 5.73 Å². The second-order valence-corrected chi connectivity index (χ2v) is 5.41. The number of amidine groups is 1. The van der Waals surface area contributed by atoms with Gasteiger partial charge in [-0.3, -0.25) is 4.79 Å². The molecule has 1 aromatic carbocycles. The average Bonchev–Trinajstić information content (AvgIpc) is 3.06. The highest BCUT2D eigenvalue weighted by Crippen LogP contribution is 2.18. The first kappa shape index (κ1) is 16.9. The van der Waals surface area contributed by atoms with Crippen molar-refractivity contribution in [2.75, 3.05) is 0 Å². The quantitative estimate of drug-likeness (QED) is 0.555. The van der Waals surface area contributed by atoms with Gasteiger partial charge in [0.15, 0.2) is 5.65 Å². The molecule has 0 unspecified atom stereocenters. The molecule has 0 atom stereocenters. The lowest BCUT2D eigenvalue weighted by Gasteiger charge is -2.06. The van der Waals surface area contributed by atoms with Gasteiger partial charge in [-0.1, -0.05) is 12.1 Å². The largest absolute Gasteiger partial charge is 0.402 e. The van der Waals surface area contributed by atoms with Crippen LogP contribution in [0.1, 0.15) is 22.8 Å². The van der Waals surface area contributed by atoms with Crippen molar-refractivity contribution in [1.29, 1.82) is 5.26 Å². The van der Waals surface area contributed by atoms with E-state index < -0.39 is 5.91 Å². The van der Waals surface area contributed by atoms with Gasteiger partial charge in [0.1, 0.15) is 17.5 Å². The van der Waals surface area contributed by atoms with Gasteiger partial charge in [-0.2, -0.15) is 10.4 Å². The van der Waals surface area contributed by atoms with Crippen LogP contribution in [0.4, 0.5) is 5.69 Å². The molecule has 0 fully saturated rings. The minimum atomic E-state index is -0.426. The SMILES string of the molecule is CC(N)=CC(=Nc1ccccc1C#N)NC(=O)c1cnn2cccnc12. The Morgan fingerprint density at radius 3 is 2.96 bits per heavy atom. The monoisotopic (exact) mass is 345 g/mol. The first-order valence-electron chi connectivity index (χ1n) is 7.70. The van der Waals surface area contributed by atoms with Gasteiger partial charge in [-0.05, 0) is 31.2 Å². The van der Waals surface area contributed by atoms with Crippen LogP contribution in [0.5, 0.6) is 0 Å². The molecule has 0 radical (unpaired) electrons. The molecule has 0 aliphatic rings. The average molecular weight is 345 g/mol. The van der Waals surface area contributed by atoms with Crippen LogP contribution >= 0.6 is 0 Å². The molecular formula is C18H15N7O. The molecule has 0 bridgehead atoms. The number of hydrogen-bond donors (Lipinski definition) is 2. The molecule has 8 nitrogen and oxygen atoms in total. The molecule has 1 amide bonds. The third kappa shape index (κ3) is 3.57. The van der Waals surface area contributed by atoms with Crippen molar-refractivity contribution in [2.45, 2.75) is 6.92 Å². The van der Waals surface area contributed by atoms with Crippen molar-refractivity contribution in [3.63, 3.8) is 0 Å². The number of fused-ring (bicyclic) bond motifs is 1. The van der Waals surface area contributed by atoms with Gasteiger partial charge in [0.05, 0.1) is 17.4 Å². The van der Waals surface area contributed by atoms with Crippen LogP contribution < -0.4 is 11.1 Å². The highest BCUT2D eigenvalue weighted by Gasteiger charge is 2.15. The van der Waals surface area contributed by atoms with Crippen molar-refractivity contribution >= 4 is 23.1 Å². The Bertz CT molecular complexity index is 1070. The lowest BCUT2D eigenvalue weighted by molar-refractivity contribution is 0.0978. The number of rotatable bonds is 3. The second kappa shape index (κ2) is 7.27. The Hall–Kier alpha value is -3.99. The summed E-state index contributed by atoms with van der Waals surface area (Å²) in [7, 11) is 0. The van der Waals surface area contributed by atoms with Crippen LogP contribution in [0.15, 0.2) is 65.7 Å². The van der Waals surface area contributed by atoms with E-state index in [0.29, 0.717) is 28.2 Å². The summed E-state index contributed by atoms with van der Waals surface area (Å²) < 4.78 is 1.50. The molecule has 0 aliphatic carbocycles. The van der Waals surface area contributed by atoms with Crippen LogP contribution in [0, 0.1) is 11.3 Å². The summed E-state index contributed by atoms with van der Waals surface area (Å²) in [6, 6.07) is 10.6. The van der Waals surface area contributed by atoms with Crippen molar-refractivity contribution < 1.29 is 4.79 Å². The van der Waals surface area contributed by atoms with E-state index in [2.05, 4.69) is 26.5 Å². The minimum absolute atomic E-state index is 0.216. The van der Waals surface area contributed by atoms with Gasteiger partial charge in [0, 0.05) is 18.1 Å². The third-order valence-electron chi connectivity index (χ3n) is 3.40. The molecule has 3 aromatic rings. The number of nitrogens with two attached hydrogens (primary N) is 1. The number of carbonyl (C=O) groups is 1. The van der Waals surface area contributed by atoms with Crippen LogP contribution in [-0.2, 0) is 0 Å². The summed E-state index contributed by atoms with van der Waals surface area (Å²) in [6.45, 7) is 1.68. The zero-order valence-corrected chi connectivity index (χ0v) is 13.9. The number of carbonyl (C=O) groups excluding carboxylic acids is 1. The lowest BCUT2D eigenvalue weighted by atomic mass is 10.2. The number of hydrogen-bond acceptors (Lipinski definition) is 6. The first-order chi connectivity index (χ1) is 12.6. The number of nitrogens with one attached hydrogen (secondary N) is 1. The van der Waals surface area contributed by atoms with Crippen molar-refractivity contribution in [3.8, 4) is 6.07 Å². The summed E-state index contributed by atoms with van der Waals surface area (Å²) in [5.41, 5.74) is 7.74. The maximum Gasteiger partial charge on any atom is 0.262 e. The summed E-state index contributed by atoms with van der Waals surface area (Å²) >= 11 is 0. The molecule has 2 heterocycles. The summed E-state index contributed by atoms with van der Waals surface area (Å²) in [5.74, 6) is -0.211. The molecule has 0 saturated carbocycles. The fraction of sp³-hybridized carbons (Fsp3) is 0.0556. The van der Waals surface area contributed by atoms with Crippen LogP contribution in [0.2, 0.25) is 0 Å². The maximum absolute atomic E-state index is 12.6. The highest BCUT2D eigenvalue weighted by molar-refractivity contribution is 6.13. The molecule has 128 valence electrons. The smallest absolute Gasteiger partial charge is 0.262 e. The second-order valence-electron chi connectivity index (χ2n) is 5.41. The van der Waals surface area contributed by atoms with Gasteiger partial charge in [0.25, 0.3) is 5.91 Å². The van der Waals surface area contributed by atoms with Gasteiger partial charge in [-0.25, -0.2) is 14.5 Å². The van der Waals surface area contributed by atoms with Gasteiger partial charge >= 0.3 is 0 Å². The lowest BCUT2D eigenvalue weighted by Crippen LogP contribution is -2.29. The fourth-order valence-electron chi connectivity index (χ4n) is 2.28.